The fourth-order valence-electron chi connectivity index (χ4n) is 1.60. The molecule has 1 aromatic carbocycles. The zero-order valence-corrected chi connectivity index (χ0v) is 8.40. The van der Waals surface area contributed by atoms with Gasteiger partial charge in [0.05, 0.1) is 29.0 Å². The van der Waals surface area contributed by atoms with E-state index in [1.807, 2.05) is 6.92 Å². The predicted octanol–water partition coefficient (Wildman–Crippen LogP) is 2.39. The Bertz CT molecular complexity index is 531. The second-order valence-corrected chi connectivity index (χ2v) is 3.32. The SMILES string of the molecule is COc1cc([N+](=O)[O-])c2cc(C)[nH]c2c1. The molecule has 0 aliphatic heterocycles. The van der Waals surface area contributed by atoms with Crippen molar-refractivity contribution in [1.82, 2.24) is 4.98 Å². The Morgan fingerprint density at radius 3 is 2.73 bits per heavy atom. The summed E-state index contributed by atoms with van der Waals surface area (Å²) in [5.74, 6) is 0.482. The predicted molar refractivity (Wildman–Crippen MR) is 56.2 cm³/mol. The molecule has 0 spiro atoms. The number of aromatic nitrogens is 1. The van der Waals surface area contributed by atoms with Crippen molar-refractivity contribution in [2.45, 2.75) is 6.92 Å². The molecule has 0 bridgehead atoms. The molecule has 0 aliphatic carbocycles. The highest BCUT2D eigenvalue weighted by Crippen LogP contribution is 2.31. The number of nitro benzene ring substituents is 1. The lowest BCUT2D eigenvalue weighted by Gasteiger charge is -2.00. The minimum Gasteiger partial charge on any atom is -0.496 e. The van der Waals surface area contributed by atoms with Gasteiger partial charge in [0, 0.05) is 11.8 Å². The van der Waals surface area contributed by atoms with Crippen molar-refractivity contribution < 1.29 is 9.66 Å². The van der Waals surface area contributed by atoms with Crippen molar-refractivity contribution in [3.63, 3.8) is 0 Å². The molecule has 0 saturated heterocycles. The summed E-state index contributed by atoms with van der Waals surface area (Å²) >= 11 is 0. The topological polar surface area (TPSA) is 68.2 Å². The van der Waals surface area contributed by atoms with E-state index in [2.05, 4.69) is 4.98 Å². The Labute approximate surface area is 85.8 Å². The maximum Gasteiger partial charge on any atom is 0.282 e. The molecular formula is C10H10N2O3. The Hall–Kier alpha value is -2.04. The van der Waals surface area contributed by atoms with Gasteiger partial charge < -0.3 is 9.72 Å². The lowest BCUT2D eigenvalue weighted by atomic mass is 10.2. The molecule has 5 heteroatoms. The summed E-state index contributed by atoms with van der Waals surface area (Å²) in [6.45, 7) is 1.86. The van der Waals surface area contributed by atoms with Gasteiger partial charge in [0.1, 0.15) is 5.75 Å². The van der Waals surface area contributed by atoms with Crippen molar-refractivity contribution in [2.75, 3.05) is 7.11 Å². The highest BCUT2D eigenvalue weighted by atomic mass is 16.6. The first kappa shape index (κ1) is 9.51. The summed E-state index contributed by atoms with van der Waals surface area (Å²) in [6, 6.07) is 4.93. The third kappa shape index (κ3) is 1.52. The lowest BCUT2D eigenvalue weighted by molar-refractivity contribution is -0.383. The number of hydrogen-bond donors (Lipinski definition) is 1. The van der Waals surface area contributed by atoms with Gasteiger partial charge in [-0.25, -0.2) is 0 Å². The van der Waals surface area contributed by atoms with Gasteiger partial charge in [-0.1, -0.05) is 0 Å². The fourth-order valence-corrected chi connectivity index (χ4v) is 1.60. The number of nitrogens with one attached hydrogen (secondary N) is 1. The summed E-state index contributed by atoms with van der Waals surface area (Å²) in [4.78, 5) is 13.5. The van der Waals surface area contributed by atoms with E-state index in [1.54, 1.807) is 12.1 Å². The smallest absolute Gasteiger partial charge is 0.282 e. The number of methoxy groups -OCH3 is 1. The standard InChI is InChI=1S/C10H10N2O3/c1-6-3-8-9(11-6)4-7(15-2)5-10(8)12(13)14/h3-5,11H,1-2H3. The number of hydrogen-bond acceptors (Lipinski definition) is 3. The molecule has 0 fully saturated rings. The summed E-state index contributed by atoms with van der Waals surface area (Å²) < 4.78 is 5.00. The summed E-state index contributed by atoms with van der Waals surface area (Å²) in [5.41, 5.74) is 1.67. The zero-order chi connectivity index (χ0) is 11.0. The Morgan fingerprint density at radius 1 is 1.40 bits per heavy atom. The van der Waals surface area contributed by atoms with Crippen molar-refractivity contribution in [3.8, 4) is 5.75 Å². The average Bonchev–Trinajstić information content (AvgIpc) is 2.55. The molecule has 15 heavy (non-hydrogen) atoms. The van der Waals surface area contributed by atoms with Crippen LogP contribution in [0.2, 0.25) is 0 Å². The molecule has 0 radical (unpaired) electrons. The molecular weight excluding hydrogens is 196 g/mol. The van der Waals surface area contributed by atoms with Gasteiger partial charge in [-0.2, -0.15) is 0 Å². The largest absolute Gasteiger partial charge is 0.496 e. The Kier molecular flexibility index (Phi) is 2.07. The number of benzene rings is 1. The number of nitrogens with zero attached hydrogens (tertiary/aromatic N) is 1. The third-order valence-corrected chi connectivity index (χ3v) is 2.26. The zero-order valence-electron chi connectivity index (χ0n) is 8.40. The van der Waals surface area contributed by atoms with Gasteiger partial charge in [-0.15, -0.1) is 0 Å². The number of H-pyrrole nitrogens is 1. The van der Waals surface area contributed by atoms with Crippen molar-refractivity contribution in [3.05, 3.63) is 34.0 Å². The second kappa shape index (κ2) is 3.27. The van der Waals surface area contributed by atoms with E-state index < -0.39 is 4.92 Å². The molecule has 0 saturated carbocycles. The van der Waals surface area contributed by atoms with Crippen LogP contribution in [-0.2, 0) is 0 Å². The molecule has 1 aromatic heterocycles. The Morgan fingerprint density at radius 2 is 2.13 bits per heavy atom. The number of aryl methyl sites for hydroxylation is 1. The first-order valence-corrected chi connectivity index (χ1v) is 4.43. The van der Waals surface area contributed by atoms with Gasteiger partial charge in [0.15, 0.2) is 0 Å². The molecule has 2 aromatic rings. The van der Waals surface area contributed by atoms with Gasteiger partial charge in [-0.3, -0.25) is 10.1 Å². The van der Waals surface area contributed by atoms with Crippen LogP contribution in [0.25, 0.3) is 10.9 Å². The van der Waals surface area contributed by atoms with Crippen LogP contribution < -0.4 is 4.74 Å². The first-order valence-electron chi connectivity index (χ1n) is 4.43. The van der Waals surface area contributed by atoms with Crippen LogP contribution in [0.3, 0.4) is 0 Å². The van der Waals surface area contributed by atoms with E-state index in [-0.39, 0.29) is 5.69 Å². The van der Waals surface area contributed by atoms with Gasteiger partial charge in [0.2, 0.25) is 0 Å². The van der Waals surface area contributed by atoms with E-state index in [0.717, 1.165) is 11.2 Å². The molecule has 0 amide bonds. The number of rotatable bonds is 2. The van der Waals surface area contributed by atoms with Crippen LogP contribution in [0.1, 0.15) is 5.69 Å². The normalized spacial score (nSPS) is 10.5. The van der Waals surface area contributed by atoms with Gasteiger partial charge in [-0.05, 0) is 13.0 Å². The van der Waals surface area contributed by atoms with E-state index in [0.29, 0.717) is 11.1 Å². The van der Waals surface area contributed by atoms with Crippen LogP contribution in [0.4, 0.5) is 5.69 Å². The highest BCUT2D eigenvalue weighted by Gasteiger charge is 2.15. The maximum absolute atomic E-state index is 10.8. The lowest BCUT2D eigenvalue weighted by Crippen LogP contribution is -1.90. The van der Waals surface area contributed by atoms with Gasteiger partial charge in [0.25, 0.3) is 5.69 Å². The molecule has 78 valence electrons. The van der Waals surface area contributed by atoms with E-state index in [4.69, 9.17) is 4.74 Å². The molecule has 0 aliphatic rings. The molecule has 1 heterocycles. The summed E-state index contributed by atoms with van der Waals surface area (Å²) in [7, 11) is 1.49. The van der Waals surface area contributed by atoms with Gasteiger partial charge >= 0.3 is 0 Å². The second-order valence-electron chi connectivity index (χ2n) is 3.32. The monoisotopic (exact) mass is 206 g/mol. The first-order chi connectivity index (χ1) is 7.11. The van der Waals surface area contributed by atoms with Crippen LogP contribution >= 0.6 is 0 Å². The molecule has 0 atom stereocenters. The minimum atomic E-state index is -0.405. The van der Waals surface area contributed by atoms with E-state index in [9.17, 15) is 10.1 Å². The average molecular weight is 206 g/mol. The van der Waals surface area contributed by atoms with Crippen molar-refractivity contribution in [1.29, 1.82) is 0 Å². The Balaban J connectivity index is 2.79. The number of ether oxygens (including phenoxy) is 1. The summed E-state index contributed by atoms with van der Waals surface area (Å²) in [6.07, 6.45) is 0. The maximum atomic E-state index is 10.8. The number of nitro groups is 1. The third-order valence-electron chi connectivity index (χ3n) is 2.26. The molecule has 0 unspecified atom stereocenters. The van der Waals surface area contributed by atoms with Crippen molar-refractivity contribution >= 4 is 16.6 Å². The van der Waals surface area contributed by atoms with E-state index in [1.165, 1.54) is 13.2 Å². The minimum absolute atomic E-state index is 0.0636. The summed E-state index contributed by atoms with van der Waals surface area (Å²) in [5, 5.41) is 11.4. The van der Waals surface area contributed by atoms with Crippen LogP contribution in [0.5, 0.6) is 5.75 Å². The number of non-ortho nitro benzene ring substituents is 1. The van der Waals surface area contributed by atoms with Crippen molar-refractivity contribution in [2.24, 2.45) is 0 Å². The quantitative estimate of drug-likeness (QED) is 0.605. The van der Waals surface area contributed by atoms with E-state index >= 15 is 0 Å². The molecule has 5 nitrogen and oxygen atoms in total. The van der Waals surface area contributed by atoms with Crippen LogP contribution in [0, 0.1) is 17.0 Å². The number of aromatic amines is 1. The highest BCUT2D eigenvalue weighted by molar-refractivity contribution is 5.90. The fraction of sp³-hybridized carbons (Fsp3) is 0.200. The van der Waals surface area contributed by atoms with Crippen LogP contribution in [0.15, 0.2) is 18.2 Å². The van der Waals surface area contributed by atoms with Crippen LogP contribution in [-0.4, -0.2) is 17.0 Å². The molecule has 2 rings (SSSR count). The number of fused-ring (bicyclic) bond motifs is 1. The molecule has 1 N–H and O–H groups in total.